The van der Waals surface area contributed by atoms with Gasteiger partial charge in [-0.2, -0.15) is 0 Å². The van der Waals surface area contributed by atoms with E-state index < -0.39 is 0 Å². The summed E-state index contributed by atoms with van der Waals surface area (Å²) in [4.78, 5) is 0. The Balaban J connectivity index is 3.04. The average molecular weight is 277 g/mol. The summed E-state index contributed by atoms with van der Waals surface area (Å²) in [6.07, 6.45) is 5.20. The van der Waals surface area contributed by atoms with Crippen LogP contribution in [0.25, 0.3) is 0 Å². The molecule has 0 aliphatic heterocycles. The largest absolute Gasteiger partial charge is 0.370 e. The Morgan fingerprint density at radius 3 is 2.79 bits per heavy atom. The van der Waals surface area contributed by atoms with Crippen molar-refractivity contribution in [2.24, 2.45) is 0 Å². The predicted molar refractivity (Wildman–Crippen MR) is 61.0 cm³/mol. The van der Waals surface area contributed by atoms with E-state index >= 15 is 0 Å². The van der Waals surface area contributed by atoms with E-state index in [1.165, 1.54) is 12.1 Å². The smallest absolute Gasteiger partial charge is 0.125 e. The second-order valence-electron chi connectivity index (χ2n) is 2.78. The third-order valence-corrected chi connectivity index (χ3v) is 2.54. The standard InChI is InChI=1S/C10H8BrClFN/c1-3-6(2)14-10-8(11)4-7(13)5-9(10)12/h1,4-6,14H,2H3. The maximum atomic E-state index is 12.8. The van der Waals surface area contributed by atoms with Gasteiger partial charge < -0.3 is 5.32 Å². The van der Waals surface area contributed by atoms with Crippen LogP contribution in [-0.2, 0) is 0 Å². The lowest BCUT2D eigenvalue weighted by Crippen LogP contribution is -2.12. The lowest BCUT2D eigenvalue weighted by molar-refractivity contribution is 0.627. The number of halogens is 3. The van der Waals surface area contributed by atoms with Crippen molar-refractivity contribution in [3.8, 4) is 12.3 Å². The highest BCUT2D eigenvalue weighted by Crippen LogP contribution is 2.31. The Morgan fingerprint density at radius 2 is 2.29 bits per heavy atom. The van der Waals surface area contributed by atoms with Crippen molar-refractivity contribution in [1.29, 1.82) is 0 Å². The number of terminal acetylenes is 1. The second kappa shape index (κ2) is 4.68. The van der Waals surface area contributed by atoms with Gasteiger partial charge in [0.2, 0.25) is 0 Å². The van der Waals surface area contributed by atoms with Crippen LogP contribution in [0.4, 0.5) is 10.1 Å². The van der Waals surface area contributed by atoms with Crippen LogP contribution in [0.3, 0.4) is 0 Å². The van der Waals surface area contributed by atoms with Crippen molar-refractivity contribution in [1.82, 2.24) is 0 Å². The van der Waals surface area contributed by atoms with E-state index in [9.17, 15) is 4.39 Å². The van der Waals surface area contributed by atoms with Gasteiger partial charge in [-0.3, -0.25) is 0 Å². The fourth-order valence-electron chi connectivity index (χ4n) is 0.938. The zero-order chi connectivity index (χ0) is 10.7. The molecule has 0 aliphatic rings. The molecule has 1 rings (SSSR count). The molecule has 0 aliphatic carbocycles. The van der Waals surface area contributed by atoms with Gasteiger partial charge in [0, 0.05) is 4.47 Å². The summed E-state index contributed by atoms with van der Waals surface area (Å²) in [5.41, 5.74) is 0.610. The molecule has 0 radical (unpaired) electrons. The summed E-state index contributed by atoms with van der Waals surface area (Å²) in [5, 5.41) is 3.28. The molecular formula is C10H8BrClFN. The number of anilines is 1. The van der Waals surface area contributed by atoms with Crippen molar-refractivity contribution in [2.45, 2.75) is 13.0 Å². The number of hydrogen-bond acceptors (Lipinski definition) is 1. The third kappa shape index (κ3) is 2.63. The Labute approximate surface area is 95.8 Å². The molecule has 0 bridgehead atoms. The molecule has 14 heavy (non-hydrogen) atoms. The predicted octanol–water partition coefficient (Wildman–Crippen LogP) is 3.68. The topological polar surface area (TPSA) is 12.0 Å². The van der Waals surface area contributed by atoms with Gasteiger partial charge in [-0.25, -0.2) is 4.39 Å². The van der Waals surface area contributed by atoms with Crippen molar-refractivity contribution in [3.05, 3.63) is 27.4 Å². The molecule has 0 saturated carbocycles. The minimum atomic E-state index is -0.388. The fraction of sp³-hybridized carbons (Fsp3) is 0.200. The van der Waals surface area contributed by atoms with Crippen molar-refractivity contribution < 1.29 is 4.39 Å². The van der Waals surface area contributed by atoms with E-state index in [0.29, 0.717) is 15.2 Å². The summed E-state index contributed by atoms with van der Waals surface area (Å²) in [5.74, 6) is 2.11. The van der Waals surface area contributed by atoms with E-state index in [1.807, 2.05) is 6.92 Å². The van der Waals surface area contributed by atoms with Gasteiger partial charge in [-0.05, 0) is 35.0 Å². The molecule has 1 N–H and O–H groups in total. The maximum absolute atomic E-state index is 12.8. The molecule has 0 aromatic heterocycles. The molecule has 0 amide bonds. The highest BCUT2D eigenvalue weighted by Gasteiger charge is 2.09. The number of hydrogen-bond donors (Lipinski definition) is 1. The number of benzene rings is 1. The lowest BCUT2D eigenvalue weighted by Gasteiger charge is -2.12. The highest BCUT2D eigenvalue weighted by atomic mass is 79.9. The molecule has 0 spiro atoms. The molecule has 1 aromatic carbocycles. The molecule has 0 fully saturated rings. The Bertz CT molecular complexity index is 363. The second-order valence-corrected chi connectivity index (χ2v) is 4.04. The van der Waals surface area contributed by atoms with E-state index in [-0.39, 0.29) is 11.9 Å². The molecule has 1 atom stereocenters. The van der Waals surface area contributed by atoms with Gasteiger partial charge in [-0.15, -0.1) is 6.42 Å². The van der Waals surface area contributed by atoms with Gasteiger partial charge in [-0.1, -0.05) is 17.5 Å². The lowest BCUT2D eigenvalue weighted by atomic mass is 10.2. The van der Waals surface area contributed by atoms with Crippen LogP contribution in [0.1, 0.15) is 6.92 Å². The molecule has 1 aromatic rings. The SMILES string of the molecule is C#CC(C)Nc1c(Cl)cc(F)cc1Br. The van der Waals surface area contributed by atoms with E-state index in [1.54, 1.807) is 0 Å². The average Bonchev–Trinajstić information content (AvgIpc) is 2.10. The van der Waals surface area contributed by atoms with Crippen LogP contribution in [0, 0.1) is 18.2 Å². The first-order chi connectivity index (χ1) is 6.54. The Kier molecular flexibility index (Phi) is 3.79. The molecule has 4 heteroatoms. The van der Waals surface area contributed by atoms with E-state index in [0.717, 1.165) is 0 Å². The van der Waals surface area contributed by atoms with Crippen LogP contribution >= 0.6 is 27.5 Å². The molecule has 74 valence electrons. The van der Waals surface area contributed by atoms with Gasteiger partial charge in [0.15, 0.2) is 0 Å². The van der Waals surface area contributed by atoms with Gasteiger partial charge >= 0.3 is 0 Å². The monoisotopic (exact) mass is 275 g/mol. The summed E-state index contributed by atoms with van der Waals surface area (Å²) < 4.78 is 13.4. The first-order valence-corrected chi connectivity index (χ1v) is 5.09. The summed E-state index contributed by atoms with van der Waals surface area (Å²) in [6, 6.07) is 2.41. The van der Waals surface area contributed by atoms with Crippen molar-refractivity contribution >= 4 is 33.2 Å². The van der Waals surface area contributed by atoms with Crippen LogP contribution in [-0.4, -0.2) is 6.04 Å². The molecule has 1 unspecified atom stereocenters. The van der Waals surface area contributed by atoms with E-state index in [4.69, 9.17) is 18.0 Å². The van der Waals surface area contributed by atoms with Crippen LogP contribution in [0.2, 0.25) is 5.02 Å². The van der Waals surface area contributed by atoms with Gasteiger partial charge in [0.1, 0.15) is 5.82 Å². The molecular weight excluding hydrogens is 268 g/mol. The zero-order valence-corrected chi connectivity index (χ0v) is 9.79. The van der Waals surface area contributed by atoms with Gasteiger partial charge in [0.25, 0.3) is 0 Å². The minimum Gasteiger partial charge on any atom is -0.370 e. The van der Waals surface area contributed by atoms with Crippen molar-refractivity contribution in [3.63, 3.8) is 0 Å². The maximum Gasteiger partial charge on any atom is 0.125 e. The van der Waals surface area contributed by atoms with Crippen LogP contribution in [0.5, 0.6) is 0 Å². The minimum absolute atomic E-state index is 0.158. The third-order valence-electron chi connectivity index (χ3n) is 1.62. The van der Waals surface area contributed by atoms with Crippen LogP contribution < -0.4 is 5.32 Å². The highest BCUT2D eigenvalue weighted by molar-refractivity contribution is 9.10. The van der Waals surface area contributed by atoms with E-state index in [2.05, 4.69) is 27.2 Å². The summed E-state index contributed by atoms with van der Waals surface area (Å²) >= 11 is 9.03. The normalized spacial score (nSPS) is 11.9. The molecule has 1 nitrogen and oxygen atoms in total. The van der Waals surface area contributed by atoms with Gasteiger partial charge in [0.05, 0.1) is 16.8 Å². The Hall–Kier alpha value is -0.720. The number of nitrogens with one attached hydrogen (secondary N) is 1. The Morgan fingerprint density at radius 1 is 1.64 bits per heavy atom. The summed E-state index contributed by atoms with van der Waals surface area (Å²) in [7, 11) is 0. The quantitative estimate of drug-likeness (QED) is 0.813. The first kappa shape index (κ1) is 11.4. The molecule has 0 saturated heterocycles. The zero-order valence-electron chi connectivity index (χ0n) is 7.44. The van der Waals surface area contributed by atoms with Crippen LogP contribution in [0.15, 0.2) is 16.6 Å². The number of rotatable bonds is 2. The van der Waals surface area contributed by atoms with Crippen molar-refractivity contribution in [2.75, 3.05) is 5.32 Å². The molecule has 0 heterocycles. The first-order valence-electron chi connectivity index (χ1n) is 3.92. The fourth-order valence-corrected chi connectivity index (χ4v) is 1.86. The summed E-state index contributed by atoms with van der Waals surface area (Å²) in [6.45, 7) is 1.81.